The largest absolute Gasteiger partial charge is 0.452 e. The third kappa shape index (κ3) is 1.50. The van der Waals surface area contributed by atoms with E-state index in [-0.39, 0.29) is 0 Å². The smallest absolute Gasteiger partial charge is 0.383 e. The molecule has 14 heavy (non-hydrogen) atoms. The van der Waals surface area contributed by atoms with Gasteiger partial charge in [0.25, 0.3) is 0 Å². The molecule has 0 bridgehead atoms. The average molecular weight is 211 g/mol. The van der Waals surface area contributed by atoms with Gasteiger partial charge >= 0.3 is 13.5 Å². The Bertz CT molecular complexity index is 337. The zero-order valence-corrected chi connectivity index (χ0v) is 8.76. The standard InChI is InChI=1S/C9H11BFNOS/c1-12(4-3-10-12)8(9(11)13)7-2-5-14-6-7/h2,5-6,8H,3-4H2,1H3/q+1/t8-,12?/m1/s1. The maximum Gasteiger partial charge on any atom is 0.452 e. The SMILES string of the molecule is C[N+]1([C@@H](C(=O)F)c2ccsc2)[B]CC1. The second kappa shape index (κ2) is 3.48. The van der Waals surface area contributed by atoms with Gasteiger partial charge in [-0.1, -0.05) is 0 Å². The first-order chi connectivity index (χ1) is 6.63. The van der Waals surface area contributed by atoms with E-state index in [4.69, 9.17) is 0 Å². The van der Waals surface area contributed by atoms with Crippen LogP contribution in [0.25, 0.3) is 0 Å². The zero-order chi connectivity index (χ0) is 10.2. The Balaban J connectivity index is 2.29. The minimum absolute atomic E-state index is 0.409. The lowest BCUT2D eigenvalue weighted by molar-refractivity contribution is -0.843. The van der Waals surface area contributed by atoms with Gasteiger partial charge in [-0.05, 0) is 11.4 Å². The number of halogens is 1. The first-order valence-corrected chi connectivity index (χ1v) is 5.48. The van der Waals surface area contributed by atoms with Crippen LogP contribution in [-0.2, 0) is 4.79 Å². The minimum atomic E-state index is -1.23. The van der Waals surface area contributed by atoms with Gasteiger partial charge in [0.05, 0.1) is 6.54 Å². The topological polar surface area (TPSA) is 17.1 Å². The van der Waals surface area contributed by atoms with E-state index in [2.05, 4.69) is 0 Å². The minimum Gasteiger partial charge on any atom is -0.383 e. The summed E-state index contributed by atoms with van der Waals surface area (Å²) in [4.78, 5) is 11.0. The third-order valence-electron chi connectivity index (χ3n) is 2.82. The Labute approximate surface area is 87.2 Å². The summed E-state index contributed by atoms with van der Waals surface area (Å²) < 4.78 is 13.4. The summed E-state index contributed by atoms with van der Waals surface area (Å²) in [5.41, 5.74) is 0.793. The number of thiophene rings is 1. The van der Waals surface area contributed by atoms with Crippen LogP contribution in [0.5, 0.6) is 0 Å². The average Bonchev–Trinajstić information content (AvgIpc) is 2.53. The molecule has 1 aromatic heterocycles. The van der Waals surface area contributed by atoms with Crippen LogP contribution in [0, 0.1) is 0 Å². The Morgan fingerprint density at radius 1 is 1.79 bits per heavy atom. The highest BCUT2D eigenvalue weighted by atomic mass is 32.1. The number of quaternary nitrogens is 1. The van der Waals surface area contributed by atoms with Crippen molar-refractivity contribution in [2.75, 3.05) is 13.6 Å². The second-order valence-corrected chi connectivity index (χ2v) is 4.59. The van der Waals surface area contributed by atoms with Crippen molar-refractivity contribution < 1.29 is 13.6 Å². The lowest BCUT2D eigenvalue weighted by Crippen LogP contribution is -2.60. The highest BCUT2D eigenvalue weighted by Crippen LogP contribution is 2.34. The van der Waals surface area contributed by atoms with E-state index in [0.29, 0.717) is 4.39 Å². The molecule has 2 nitrogen and oxygen atoms in total. The Morgan fingerprint density at radius 3 is 2.86 bits per heavy atom. The molecule has 0 spiro atoms. The molecule has 1 radical (unpaired) electrons. The summed E-state index contributed by atoms with van der Waals surface area (Å²) in [5.74, 6) is 0. The molecule has 1 saturated heterocycles. The predicted octanol–water partition coefficient (Wildman–Crippen LogP) is 1.78. The van der Waals surface area contributed by atoms with Gasteiger partial charge in [-0.2, -0.15) is 15.7 Å². The van der Waals surface area contributed by atoms with Crippen LogP contribution in [0.2, 0.25) is 6.32 Å². The van der Waals surface area contributed by atoms with Crippen LogP contribution in [-0.4, -0.2) is 31.4 Å². The van der Waals surface area contributed by atoms with Gasteiger partial charge in [-0.25, -0.2) is 0 Å². The van der Waals surface area contributed by atoms with Crippen molar-refractivity contribution in [3.05, 3.63) is 22.4 Å². The van der Waals surface area contributed by atoms with Crippen LogP contribution in [0.1, 0.15) is 11.6 Å². The van der Waals surface area contributed by atoms with Crippen molar-refractivity contribution >= 4 is 24.8 Å². The van der Waals surface area contributed by atoms with E-state index in [9.17, 15) is 9.18 Å². The van der Waals surface area contributed by atoms with Crippen molar-refractivity contribution in [1.82, 2.24) is 0 Å². The summed E-state index contributed by atoms with van der Waals surface area (Å²) in [7, 11) is 3.88. The molecule has 0 amide bonds. The number of carbonyl (C=O) groups is 1. The number of rotatable bonds is 3. The summed E-state index contributed by atoms with van der Waals surface area (Å²) in [6, 6.07) is -0.0560. The quantitative estimate of drug-likeness (QED) is 0.550. The van der Waals surface area contributed by atoms with Gasteiger partial charge in [-0.3, -0.25) is 4.79 Å². The zero-order valence-electron chi connectivity index (χ0n) is 7.94. The van der Waals surface area contributed by atoms with Gasteiger partial charge in [0, 0.05) is 24.3 Å². The number of likely N-dealkylation sites (N-methyl/N-ethyl adjacent to an activating group) is 1. The number of nitrogens with zero attached hydrogens (tertiary/aromatic N) is 1. The van der Waals surface area contributed by atoms with E-state index in [1.807, 2.05) is 31.3 Å². The second-order valence-electron chi connectivity index (χ2n) is 3.81. The fraction of sp³-hybridized carbons (Fsp3) is 0.444. The van der Waals surface area contributed by atoms with Gasteiger partial charge in [0.2, 0.25) is 0 Å². The maximum atomic E-state index is 13.0. The first kappa shape index (κ1) is 9.86. The van der Waals surface area contributed by atoms with Crippen LogP contribution in [0.4, 0.5) is 4.39 Å². The van der Waals surface area contributed by atoms with E-state index >= 15 is 0 Å². The van der Waals surface area contributed by atoms with E-state index < -0.39 is 12.1 Å². The molecule has 0 aromatic carbocycles. The van der Waals surface area contributed by atoms with Crippen LogP contribution in [0.15, 0.2) is 16.8 Å². The summed E-state index contributed by atoms with van der Waals surface area (Å²) in [5, 5.41) is 3.72. The Morgan fingerprint density at radius 2 is 2.50 bits per heavy atom. The molecule has 1 aromatic rings. The van der Waals surface area contributed by atoms with Crippen LogP contribution >= 0.6 is 11.3 Å². The molecule has 73 valence electrons. The normalized spacial score (nSPS) is 27.6. The highest BCUT2D eigenvalue weighted by molar-refractivity contribution is 7.08. The molecule has 2 atom stereocenters. The number of hydrogen-bond donors (Lipinski definition) is 0. The van der Waals surface area contributed by atoms with E-state index in [1.165, 1.54) is 11.3 Å². The Kier molecular flexibility index (Phi) is 2.45. The molecular weight excluding hydrogens is 200 g/mol. The lowest BCUT2D eigenvalue weighted by atomic mass is 9.69. The van der Waals surface area contributed by atoms with Crippen molar-refractivity contribution in [3.63, 3.8) is 0 Å². The van der Waals surface area contributed by atoms with Crippen molar-refractivity contribution in [2.24, 2.45) is 0 Å². The molecule has 1 aliphatic rings. The molecule has 0 aliphatic carbocycles. The molecular formula is C9H11BFNOS+. The summed E-state index contributed by atoms with van der Waals surface area (Å²) in [6.07, 6.45) is 0.963. The number of hydrogen-bond acceptors (Lipinski definition) is 2. The molecule has 2 heterocycles. The molecule has 1 aliphatic heterocycles. The monoisotopic (exact) mass is 211 g/mol. The molecule has 5 heteroatoms. The molecule has 1 fully saturated rings. The van der Waals surface area contributed by atoms with Gasteiger partial charge in [0.1, 0.15) is 0 Å². The lowest BCUT2D eigenvalue weighted by Gasteiger charge is -2.45. The van der Waals surface area contributed by atoms with Crippen molar-refractivity contribution in [2.45, 2.75) is 12.4 Å². The fourth-order valence-corrected chi connectivity index (χ4v) is 2.58. The molecule has 1 unspecified atom stereocenters. The molecule has 0 N–H and O–H groups in total. The first-order valence-electron chi connectivity index (χ1n) is 4.54. The molecule has 0 saturated carbocycles. The maximum absolute atomic E-state index is 13.0. The summed E-state index contributed by atoms with van der Waals surface area (Å²) >= 11 is 1.49. The number of carbonyl (C=O) groups excluding carboxylic acids is 1. The van der Waals surface area contributed by atoms with E-state index in [0.717, 1.165) is 18.4 Å². The molecule has 2 rings (SSSR count). The van der Waals surface area contributed by atoms with E-state index in [1.54, 1.807) is 0 Å². The Hall–Kier alpha value is -0.675. The van der Waals surface area contributed by atoms with Crippen molar-refractivity contribution in [3.8, 4) is 0 Å². The third-order valence-corrected chi connectivity index (χ3v) is 3.52. The fourth-order valence-electron chi connectivity index (χ4n) is 1.90. The van der Waals surface area contributed by atoms with Crippen LogP contribution < -0.4 is 0 Å². The highest BCUT2D eigenvalue weighted by Gasteiger charge is 2.46. The van der Waals surface area contributed by atoms with Gasteiger partial charge < -0.3 is 4.39 Å². The summed E-state index contributed by atoms with van der Waals surface area (Å²) in [6.45, 7) is 0.843. The van der Waals surface area contributed by atoms with Gasteiger partial charge in [0.15, 0.2) is 6.04 Å². The predicted molar refractivity (Wildman–Crippen MR) is 54.8 cm³/mol. The van der Waals surface area contributed by atoms with Crippen LogP contribution in [0.3, 0.4) is 0 Å². The van der Waals surface area contributed by atoms with Crippen molar-refractivity contribution in [1.29, 1.82) is 0 Å². The van der Waals surface area contributed by atoms with Gasteiger partial charge in [-0.15, -0.1) is 0 Å².